The molecule has 0 bridgehead atoms. The highest BCUT2D eigenvalue weighted by Gasteiger charge is 2.50. The van der Waals surface area contributed by atoms with Crippen molar-refractivity contribution in [3.63, 3.8) is 0 Å². The van der Waals surface area contributed by atoms with Gasteiger partial charge in [-0.25, -0.2) is 14.2 Å². The van der Waals surface area contributed by atoms with Crippen molar-refractivity contribution in [1.29, 1.82) is 0 Å². The zero-order valence-electron chi connectivity index (χ0n) is 18.5. The maximum atomic E-state index is 15.6. The fraction of sp³-hybridized carbons (Fsp3) is 0.435. The van der Waals surface area contributed by atoms with E-state index in [1.165, 1.54) is 23.2 Å². The second-order valence-electron chi connectivity index (χ2n) is 9.14. The van der Waals surface area contributed by atoms with Crippen LogP contribution in [0.1, 0.15) is 35.2 Å². The number of fused-ring (bicyclic) bond motifs is 2. The Kier molecular flexibility index (Phi) is 5.12. The van der Waals surface area contributed by atoms with Crippen molar-refractivity contribution in [1.82, 2.24) is 14.8 Å². The number of ether oxygens (including phenoxy) is 1. The minimum Gasteiger partial charge on any atom is -0.448 e. The summed E-state index contributed by atoms with van der Waals surface area (Å²) in [6.45, 7) is 1.64. The molecule has 3 N–H and O–H groups in total. The number of hydrogen-bond acceptors (Lipinski definition) is 6. The van der Waals surface area contributed by atoms with E-state index in [-0.39, 0.29) is 34.4 Å². The predicted octanol–water partition coefficient (Wildman–Crippen LogP) is 3.49. The van der Waals surface area contributed by atoms with E-state index in [0.717, 1.165) is 24.8 Å². The largest absolute Gasteiger partial charge is 0.448 e. The number of carbonyl (C=O) groups excluding carboxylic acids is 2. The third kappa shape index (κ3) is 3.28. The van der Waals surface area contributed by atoms with Crippen LogP contribution < -0.4 is 11.1 Å². The number of pyridine rings is 1. The van der Waals surface area contributed by atoms with Gasteiger partial charge in [-0.1, -0.05) is 11.6 Å². The summed E-state index contributed by atoms with van der Waals surface area (Å²) < 4.78 is 20.7. The molecule has 1 spiro atoms. The third-order valence-corrected chi connectivity index (χ3v) is 7.43. The molecular formula is C23H25ClFN5O3. The molecule has 8 nitrogen and oxygen atoms in total. The first-order valence-corrected chi connectivity index (χ1v) is 11.3. The number of nitrogens with zero attached hydrogens (tertiary/aromatic N) is 3. The van der Waals surface area contributed by atoms with Gasteiger partial charge in [0.1, 0.15) is 18.2 Å². The van der Waals surface area contributed by atoms with Gasteiger partial charge in [0.15, 0.2) is 0 Å². The van der Waals surface area contributed by atoms with Gasteiger partial charge >= 0.3 is 6.09 Å². The Bertz CT molecular complexity index is 1170. The Morgan fingerprint density at radius 1 is 1.39 bits per heavy atom. The number of anilines is 2. The highest BCUT2D eigenvalue weighted by Crippen LogP contribution is 2.53. The Labute approximate surface area is 195 Å². The zero-order valence-corrected chi connectivity index (χ0v) is 19.2. The first kappa shape index (κ1) is 21.8. The molecule has 1 saturated heterocycles. The number of amides is 2. The summed E-state index contributed by atoms with van der Waals surface area (Å²) in [6, 6.07) is 3.10. The average molecular weight is 474 g/mol. The lowest BCUT2D eigenvalue weighted by molar-refractivity contribution is 0.0824. The summed E-state index contributed by atoms with van der Waals surface area (Å²) in [6.07, 6.45) is 3.62. The molecule has 3 heterocycles. The number of halogens is 2. The molecule has 3 aliphatic rings. The highest BCUT2D eigenvalue weighted by molar-refractivity contribution is 6.34. The third-order valence-electron chi connectivity index (χ3n) is 7.04. The monoisotopic (exact) mass is 473 g/mol. The zero-order chi connectivity index (χ0) is 23.5. The molecule has 33 heavy (non-hydrogen) atoms. The van der Waals surface area contributed by atoms with Gasteiger partial charge < -0.3 is 25.6 Å². The fourth-order valence-electron chi connectivity index (χ4n) is 5.36. The molecule has 5 rings (SSSR count). The summed E-state index contributed by atoms with van der Waals surface area (Å²) in [5, 5.41) is 3.74. The maximum Gasteiger partial charge on any atom is 0.410 e. The fourth-order valence-corrected chi connectivity index (χ4v) is 5.81. The van der Waals surface area contributed by atoms with Crippen LogP contribution in [-0.4, -0.2) is 66.6 Å². The van der Waals surface area contributed by atoms with Crippen molar-refractivity contribution >= 4 is 35.1 Å². The molecule has 2 amide bonds. The Hall–Kier alpha value is -3.07. The molecule has 2 aliphatic heterocycles. The van der Waals surface area contributed by atoms with E-state index in [0.29, 0.717) is 36.1 Å². The molecular weight excluding hydrogens is 449 g/mol. The van der Waals surface area contributed by atoms with Crippen LogP contribution in [0.4, 0.5) is 20.7 Å². The molecule has 2 fully saturated rings. The van der Waals surface area contributed by atoms with Gasteiger partial charge in [0.2, 0.25) is 0 Å². The second-order valence-corrected chi connectivity index (χ2v) is 9.52. The van der Waals surface area contributed by atoms with E-state index in [9.17, 15) is 9.59 Å². The van der Waals surface area contributed by atoms with Gasteiger partial charge in [-0.05, 0) is 31.4 Å². The average Bonchev–Trinajstić information content (AvgIpc) is 3.48. The van der Waals surface area contributed by atoms with E-state index in [1.807, 2.05) is 0 Å². The molecule has 1 aromatic heterocycles. The highest BCUT2D eigenvalue weighted by atomic mass is 35.5. The van der Waals surface area contributed by atoms with Gasteiger partial charge in [-0.3, -0.25) is 4.79 Å². The quantitative estimate of drug-likeness (QED) is 0.662. The minimum absolute atomic E-state index is 0.0602. The molecule has 2 aromatic rings. The number of hydrogen-bond donors (Lipinski definition) is 2. The van der Waals surface area contributed by atoms with Crippen molar-refractivity contribution in [2.24, 2.45) is 0 Å². The summed E-state index contributed by atoms with van der Waals surface area (Å²) in [5.74, 6) is -0.568. The van der Waals surface area contributed by atoms with Crippen LogP contribution in [0.25, 0.3) is 11.1 Å². The number of cyclic esters (lactones) is 1. The van der Waals surface area contributed by atoms with Gasteiger partial charge in [0, 0.05) is 60.7 Å². The lowest BCUT2D eigenvalue weighted by Gasteiger charge is -2.27. The SMILES string of the molecule is CN(C)C(=O)c1c(N)ccc(-c2cnc3c(c2Cl)[C@@]2(CC[C@@H](N4CCOC4=O)C2)CN3)c1F. The van der Waals surface area contributed by atoms with Crippen LogP contribution in [0.5, 0.6) is 0 Å². The summed E-state index contributed by atoms with van der Waals surface area (Å²) in [7, 11) is 3.08. The molecule has 0 unspecified atom stereocenters. The Morgan fingerprint density at radius 2 is 2.18 bits per heavy atom. The molecule has 1 saturated carbocycles. The van der Waals surface area contributed by atoms with E-state index >= 15 is 4.39 Å². The van der Waals surface area contributed by atoms with Gasteiger partial charge in [0.25, 0.3) is 5.91 Å². The van der Waals surface area contributed by atoms with E-state index in [2.05, 4.69) is 10.3 Å². The Balaban J connectivity index is 1.56. The van der Waals surface area contributed by atoms with Gasteiger partial charge in [-0.15, -0.1) is 0 Å². The van der Waals surface area contributed by atoms with E-state index < -0.39 is 11.7 Å². The van der Waals surface area contributed by atoms with Gasteiger partial charge in [-0.2, -0.15) is 0 Å². The normalized spacial score (nSPS) is 23.6. The van der Waals surface area contributed by atoms with Crippen molar-refractivity contribution < 1.29 is 18.7 Å². The predicted molar refractivity (Wildman–Crippen MR) is 123 cm³/mol. The molecule has 2 atom stereocenters. The van der Waals surface area contributed by atoms with E-state index in [4.69, 9.17) is 22.1 Å². The number of nitrogens with one attached hydrogen (secondary N) is 1. The van der Waals surface area contributed by atoms with Crippen LogP contribution in [-0.2, 0) is 10.2 Å². The standard InChI is InChI=1S/C23H25ClFN5O3/c1-29(2)21(31)16-15(26)4-3-13(19(16)25)14-10-27-20-17(18(14)24)23(11-28-20)6-5-12(9-23)30-7-8-33-22(30)32/h3-4,10,12H,5-9,11,26H2,1-2H3,(H,27,28)/t12-,23-/m1/s1. The lowest BCUT2D eigenvalue weighted by Crippen LogP contribution is -2.36. The topological polar surface area (TPSA) is 101 Å². The Morgan fingerprint density at radius 3 is 2.88 bits per heavy atom. The van der Waals surface area contributed by atoms with Crippen LogP contribution in [0.3, 0.4) is 0 Å². The maximum absolute atomic E-state index is 15.6. The molecule has 174 valence electrons. The number of nitrogen functional groups attached to an aromatic ring is 1. The molecule has 1 aliphatic carbocycles. The first-order chi connectivity index (χ1) is 15.7. The van der Waals surface area contributed by atoms with Crippen molar-refractivity contribution in [2.45, 2.75) is 30.7 Å². The number of rotatable bonds is 3. The lowest BCUT2D eigenvalue weighted by atomic mass is 9.80. The summed E-state index contributed by atoms with van der Waals surface area (Å²) >= 11 is 6.92. The molecule has 1 aromatic carbocycles. The number of nitrogens with two attached hydrogens (primary N) is 1. The smallest absolute Gasteiger partial charge is 0.410 e. The molecule has 10 heteroatoms. The van der Waals surface area contributed by atoms with Crippen LogP contribution in [0, 0.1) is 5.82 Å². The summed E-state index contributed by atoms with van der Waals surface area (Å²) in [5.41, 5.74) is 6.92. The number of carbonyl (C=O) groups is 2. The van der Waals surface area contributed by atoms with Gasteiger partial charge in [0.05, 0.1) is 17.1 Å². The van der Waals surface area contributed by atoms with E-state index in [1.54, 1.807) is 19.0 Å². The van der Waals surface area contributed by atoms with Crippen LogP contribution >= 0.6 is 11.6 Å². The van der Waals surface area contributed by atoms with Crippen molar-refractivity contribution in [3.8, 4) is 11.1 Å². The van der Waals surface area contributed by atoms with Crippen molar-refractivity contribution in [2.75, 3.05) is 44.8 Å². The first-order valence-electron chi connectivity index (χ1n) is 10.9. The van der Waals surface area contributed by atoms with Crippen molar-refractivity contribution in [3.05, 3.63) is 40.3 Å². The van der Waals surface area contributed by atoms with Crippen LogP contribution in [0.2, 0.25) is 5.02 Å². The van der Waals surface area contributed by atoms with Crippen LogP contribution in [0.15, 0.2) is 18.3 Å². The second kappa shape index (κ2) is 7.76. The number of aromatic nitrogens is 1. The summed E-state index contributed by atoms with van der Waals surface area (Å²) in [4.78, 5) is 32.2. The number of benzene rings is 1. The minimum atomic E-state index is -0.721. The molecule has 0 radical (unpaired) electrons.